The quantitative estimate of drug-likeness (QED) is 0.411. The van der Waals surface area contributed by atoms with E-state index in [1.807, 2.05) is 0 Å². The second-order valence-electron chi connectivity index (χ2n) is 3.26. The third-order valence-electron chi connectivity index (χ3n) is 2.22. The van der Waals surface area contributed by atoms with E-state index < -0.39 is 0 Å². The first-order valence-corrected chi connectivity index (χ1v) is 4.36. The van der Waals surface area contributed by atoms with Crippen LogP contribution in [0.1, 0.15) is 12.8 Å². The summed E-state index contributed by atoms with van der Waals surface area (Å²) in [7, 11) is 3.44. The molecule has 0 aliphatic carbocycles. The second-order valence-corrected chi connectivity index (χ2v) is 3.26. The van der Waals surface area contributed by atoms with E-state index in [1.54, 1.807) is 19.0 Å². The fraction of sp³-hybridized carbons (Fsp3) is 0.750. The number of hydrogen-bond acceptors (Lipinski definition) is 2. The summed E-state index contributed by atoms with van der Waals surface area (Å²) in [5.74, 6) is 0.637. The lowest BCUT2D eigenvalue weighted by Gasteiger charge is -2.30. The van der Waals surface area contributed by atoms with E-state index in [2.05, 4.69) is 10.3 Å². The van der Waals surface area contributed by atoms with Crippen molar-refractivity contribution in [1.29, 1.82) is 0 Å². The van der Waals surface area contributed by atoms with Gasteiger partial charge in [0.05, 0.1) is 0 Å². The summed E-state index contributed by atoms with van der Waals surface area (Å²) in [6.45, 7) is 0.703. The van der Waals surface area contributed by atoms with Crippen LogP contribution in [0.15, 0.2) is 4.99 Å². The third kappa shape index (κ3) is 2.61. The predicted octanol–water partition coefficient (Wildman–Crippen LogP) is -0.859. The number of carbonyl (C=O) groups excluding carboxylic acids is 1. The molecule has 74 valence electrons. The maximum atomic E-state index is 11.1. The van der Waals surface area contributed by atoms with Crippen molar-refractivity contribution in [3.8, 4) is 0 Å². The molecule has 0 aromatic heterocycles. The highest BCUT2D eigenvalue weighted by atomic mass is 16.2. The largest absolute Gasteiger partial charge is 0.370 e. The maximum Gasteiger partial charge on any atom is 0.222 e. The zero-order valence-electron chi connectivity index (χ0n) is 8.08. The molecule has 1 aliphatic rings. The fourth-order valence-corrected chi connectivity index (χ4v) is 1.40. The molecule has 3 N–H and O–H groups in total. The van der Waals surface area contributed by atoms with E-state index in [-0.39, 0.29) is 11.9 Å². The summed E-state index contributed by atoms with van der Waals surface area (Å²) in [5.41, 5.74) is 5.52. The summed E-state index contributed by atoms with van der Waals surface area (Å²) in [5, 5.41) is 3.05. The van der Waals surface area contributed by atoms with Crippen LogP contribution >= 0.6 is 0 Å². The highest BCUT2D eigenvalue weighted by Gasteiger charge is 2.22. The number of nitrogens with zero attached hydrogens (tertiary/aromatic N) is 2. The van der Waals surface area contributed by atoms with Gasteiger partial charge in [0.25, 0.3) is 0 Å². The SMILES string of the molecule is CN=C(N)NC1CCC(=O)N(C)C1. The van der Waals surface area contributed by atoms with Gasteiger partial charge < -0.3 is 16.0 Å². The molecular formula is C8H16N4O. The number of aliphatic imine (C=N–C) groups is 1. The number of nitrogens with two attached hydrogens (primary N) is 1. The van der Waals surface area contributed by atoms with E-state index in [9.17, 15) is 4.79 Å². The van der Waals surface area contributed by atoms with Crippen LogP contribution in [-0.4, -0.2) is 43.4 Å². The average Bonchev–Trinajstić information content (AvgIpc) is 2.11. The molecule has 5 heteroatoms. The van der Waals surface area contributed by atoms with Crippen molar-refractivity contribution in [1.82, 2.24) is 10.2 Å². The van der Waals surface area contributed by atoms with Crippen LogP contribution in [0.3, 0.4) is 0 Å². The van der Waals surface area contributed by atoms with Gasteiger partial charge >= 0.3 is 0 Å². The molecule has 1 unspecified atom stereocenters. The standard InChI is InChI=1S/C8H16N4O/c1-10-8(9)11-6-3-4-7(13)12(2)5-6/h6H,3-5H2,1-2H3,(H3,9,10,11). The summed E-state index contributed by atoms with van der Waals surface area (Å²) >= 11 is 0. The number of amides is 1. The van der Waals surface area contributed by atoms with E-state index in [1.165, 1.54) is 0 Å². The van der Waals surface area contributed by atoms with Crippen molar-refractivity contribution in [2.45, 2.75) is 18.9 Å². The first-order valence-electron chi connectivity index (χ1n) is 4.36. The first kappa shape index (κ1) is 9.83. The van der Waals surface area contributed by atoms with Gasteiger partial charge in [-0.25, -0.2) is 0 Å². The van der Waals surface area contributed by atoms with Gasteiger partial charge in [-0.3, -0.25) is 9.79 Å². The monoisotopic (exact) mass is 184 g/mol. The highest BCUT2D eigenvalue weighted by molar-refractivity contribution is 5.79. The number of likely N-dealkylation sites (N-methyl/N-ethyl adjacent to an activating group) is 1. The first-order chi connectivity index (χ1) is 6.13. The van der Waals surface area contributed by atoms with Gasteiger partial charge in [-0.2, -0.15) is 0 Å². The van der Waals surface area contributed by atoms with Crippen LogP contribution in [0.25, 0.3) is 0 Å². The number of piperidine rings is 1. The van der Waals surface area contributed by atoms with E-state index in [0.717, 1.165) is 6.42 Å². The maximum absolute atomic E-state index is 11.1. The lowest BCUT2D eigenvalue weighted by Crippen LogP contribution is -2.50. The van der Waals surface area contributed by atoms with Crippen molar-refractivity contribution >= 4 is 11.9 Å². The zero-order chi connectivity index (χ0) is 9.84. The molecule has 0 aromatic rings. The molecular weight excluding hydrogens is 168 g/mol. The molecule has 0 spiro atoms. The van der Waals surface area contributed by atoms with Crippen LogP contribution in [0.4, 0.5) is 0 Å². The molecule has 1 atom stereocenters. The molecule has 1 amide bonds. The summed E-state index contributed by atoms with van der Waals surface area (Å²) < 4.78 is 0. The highest BCUT2D eigenvalue weighted by Crippen LogP contribution is 2.08. The van der Waals surface area contributed by atoms with Crippen LogP contribution in [0.5, 0.6) is 0 Å². The number of hydrogen-bond donors (Lipinski definition) is 2. The molecule has 13 heavy (non-hydrogen) atoms. The summed E-state index contributed by atoms with van der Waals surface area (Å²) in [6.07, 6.45) is 1.42. The van der Waals surface area contributed by atoms with Crippen LogP contribution < -0.4 is 11.1 Å². The zero-order valence-corrected chi connectivity index (χ0v) is 8.08. The number of guanidine groups is 1. The summed E-state index contributed by atoms with van der Waals surface area (Å²) in [4.78, 5) is 16.7. The molecule has 1 aliphatic heterocycles. The Morgan fingerprint density at radius 2 is 2.46 bits per heavy atom. The van der Waals surface area contributed by atoms with Crippen molar-refractivity contribution in [2.24, 2.45) is 10.7 Å². The van der Waals surface area contributed by atoms with Gasteiger partial charge in [-0.1, -0.05) is 0 Å². The van der Waals surface area contributed by atoms with Gasteiger partial charge in [0.15, 0.2) is 5.96 Å². The van der Waals surface area contributed by atoms with Crippen molar-refractivity contribution in [3.63, 3.8) is 0 Å². The van der Waals surface area contributed by atoms with Gasteiger partial charge in [0.2, 0.25) is 5.91 Å². The Balaban J connectivity index is 2.42. The van der Waals surface area contributed by atoms with Gasteiger partial charge in [0.1, 0.15) is 0 Å². The minimum atomic E-state index is 0.199. The van der Waals surface area contributed by atoms with E-state index in [0.29, 0.717) is 18.9 Å². The minimum absolute atomic E-state index is 0.199. The number of likely N-dealkylation sites (tertiary alicyclic amines) is 1. The molecule has 0 saturated carbocycles. The normalized spacial score (nSPS) is 24.8. The smallest absolute Gasteiger partial charge is 0.222 e. The van der Waals surface area contributed by atoms with Crippen molar-refractivity contribution in [2.75, 3.05) is 20.6 Å². The molecule has 0 bridgehead atoms. The second kappa shape index (κ2) is 4.11. The predicted molar refractivity (Wildman–Crippen MR) is 51.3 cm³/mol. The molecule has 0 radical (unpaired) electrons. The van der Waals surface area contributed by atoms with Gasteiger partial charge in [-0.05, 0) is 6.42 Å². The molecule has 1 fully saturated rings. The van der Waals surface area contributed by atoms with Crippen molar-refractivity contribution in [3.05, 3.63) is 0 Å². The fourth-order valence-electron chi connectivity index (χ4n) is 1.40. The summed E-state index contributed by atoms with van der Waals surface area (Å²) in [6, 6.07) is 0.242. The number of rotatable bonds is 1. The van der Waals surface area contributed by atoms with E-state index >= 15 is 0 Å². The molecule has 1 heterocycles. The molecule has 1 rings (SSSR count). The number of nitrogens with one attached hydrogen (secondary N) is 1. The van der Waals surface area contributed by atoms with Gasteiger partial charge in [0, 0.05) is 33.1 Å². The Hall–Kier alpha value is -1.26. The number of carbonyl (C=O) groups is 1. The molecule has 1 saturated heterocycles. The third-order valence-corrected chi connectivity index (χ3v) is 2.22. The Bertz CT molecular complexity index is 226. The Labute approximate surface area is 78.0 Å². The van der Waals surface area contributed by atoms with E-state index in [4.69, 9.17) is 5.73 Å². The molecule has 5 nitrogen and oxygen atoms in total. The van der Waals surface area contributed by atoms with Crippen LogP contribution in [0.2, 0.25) is 0 Å². The Morgan fingerprint density at radius 1 is 1.77 bits per heavy atom. The Morgan fingerprint density at radius 3 is 3.00 bits per heavy atom. The lowest BCUT2D eigenvalue weighted by atomic mass is 10.1. The average molecular weight is 184 g/mol. The topological polar surface area (TPSA) is 70.7 Å². The lowest BCUT2D eigenvalue weighted by molar-refractivity contribution is -0.132. The Kier molecular flexibility index (Phi) is 3.11. The van der Waals surface area contributed by atoms with Crippen LogP contribution in [0, 0.1) is 0 Å². The van der Waals surface area contributed by atoms with Crippen molar-refractivity contribution < 1.29 is 4.79 Å². The van der Waals surface area contributed by atoms with Gasteiger partial charge in [-0.15, -0.1) is 0 Å². The van der Waals surface area contributed by atoms with Crippen LogP contribution in [-0.2, 0) is 4.79 Å². The minimum Gasteiger partial charge on any atom is -0.370 e. The molecule has 0 aromatic carbocycles.